The third-order valence-corrected chi connectivity index (χ3v) is 3.88. The van der Waals surface area contributed by atoms with E-state index in [0.29, 0.717) is 11.1 Å². The Morgan fingerprint density at radius 2 is 1.88 bits per heavy atom. The number of nitrogens with zero attached hydrogens (tertiary/aromatic N) is 1. The number of aryl methyl sites for hydroxylation is 1. The lowest BCUT2D eigenvalue weighted by Crippen LogP contribution is -2.22. The van der Waals surface area contributed by atoms with Gasteiger partial charge < -0.3 is 9.88 Å². The minimum absolute atomic E-state index is 0.197. The largest absolute Gasteiger partial charge is 0.322 e. The van der Waals surface area contributed by atoms with Gasteiger partial charge in [0.1, 0.15) is 5.82 Å². The van der Waals surface area contributed by atoms with Crippen LogP contribution in [0.4, 0.5) is 10.1 Å². The number of hydrogen-bond acceptors (Lipinski definition) is 2. The predicted molar refractivity (Wildman–Crippen MR) is 95.3 cm³/mol. The molecule has 0 fully saturated rings. The molecule has 5 heteroatoms. The summed E-state index contributed by atoms with van der Waals surface area (Å²) < 4.78 is 14.7. The summed E-state index contributed by atoms with van der Waals surface area (Å²) in [4.78, 5) is 24.5. The lowest BCUT2D eigenvalue weighted by Gasteiger charge is -2.10. The number of nitrogens with one attached hydrogen (secondary N) is 1. The van der Waals surface area contributed by atoms with Gasteiger partial charge in [0.25, 0.3) is 11.5 Å². The molecule has 0 spiro atoms. The van der Waals surface area contributed by atoms with Gasteiger partial charge in [-0.1, -0.05) is 30.3 Å². The van der Waals surface area contributed by atoms with E-state index < -0.39 is 0 Å². The Bertz CT molecular complexity index is 979. The number of anilines is 1. The van der Waals surface area contributed by atoms with Crippen molar-refractivity contribution < 1.29 is 9.18 Å². The second-order valence-corrected chi connectivity index (χ2v) is 5.78. The fourth-order valence-electron chi connectivity index (χ4n) is 2.53. The molecule has 1 N–H and O–H groups in total. The molecule has 0 atom stereocenters. The molecule has 0 bridgehead atoms. The summed E-state index contributed by atoms with van der Waals surface area (Å²) in [6, 6.07) is 16.3. The van der Waals surface area contributed by atoms with Gasteiger partial charge in [-0.2, -0.15) is 0 Å². The molecule has 3 aromatic rings. The standard InChI is InChI=1S/C20H17FN2O2/c1-14-5-2-3-8-18(14)22-20(25)16-9-10-19(24)23(13-16)12-15-6-4-7-17(21)11-15/h2-11,13H,12H2,1H3,(H,22,25). The molecular weight excluding hydrogens is 319 g/mol. The number of hydrogen-bond donors (Lipinski definition) is 1. The molecule has 0 aliphatic carbocycles. The average molecular weight is 336 g/mol. The van der Waals surface area contributed by atoms with E-state index in [1.54, 1.807) is 12.1 Å². The molecule has 3 rings (SSSR count). The van der Waals surface area contributed by atoms with Crippen molar-refractivity contribution in [3.05, 3.63) is 99.7 Å². The highest BCUT2D eigenvalue weighted by atomic mass is 19.1. The molecule has 1 heterocycles. The maximum atomic E-state index is 13.3. The SMILES string of the molecule is Cc1ccccc1NC(=O)c1ccc(=O)n(Cc2cccc(F)c2)c1. The van der Waals surface area contributed by atoms with Crippen LogP contribution in [0.2, 0.25) is 0 Å². The summed E-state index contributed by atoms with van der Waals surface area (Å²) in [5, 5.41) is 2.83. The first-order chi connectivity index (χ1) is 12.0. The van der Waals surface area contributed by atoms with Crippen LogP contribution in [0.3, 0.4) is 0 Å². The summed E-state index contributed by atoms with van der Waals surface area (Å²) >= 11 is 0. The maximum absolute atomic E-state index is 13.3. The van der Waals surface area contributed by atoms with Crippen LogP contribution in [0, 0.1) is 12.7 Å². The minimum Gasteiger partial charge on any atom is -0.322 e. The molecule has 0 saturated carbocycles. The average Bonchev–Trinajstić information content (AvgIpc) is 2.59. The number of halogens is 1. The lowest BCUT2D eigenvalue weighted by molar-refractivity contribution is 0.102. The lowest BCUT2D eigenvalue weighted by atomic mass is 10.2. The molecule has 0 aliphatic heterocycles. The van der Waals surface area contributed by atoms with E-state index in [-0.39, 0.29) is 23.8 Å². The predicted octanol–water partition coefficient (Wildman–Crippen LogP) is 3.60. The fraction of sp³-hybridized carbons (Fsp3) is 0.100. The van der Waals surface area contributed by atoms with Crippen LogP contribution in [-0.2, 0) is 6.54 Å². The Labute approximate surface area is 144 Å². The fourth-order valence-corrected chi connectivity index (χ4v) is 2.53. The van der Waals surface area contributed by atoms with Crippen LogP contribution >= 0.6 is 0 Å². The van der Waals surface area contributed by atoms with E-state index in [0.717, 1.165) is 11.3 Å². The molecule has 1 amide bonds. The summed E-state index contributed by atoms with van der Waals surface area (Å²) in [5.41, 5.74) is 2.42. The van der Waals surface area contributed by atoms with Crippen LogP contribution in [0.15, 0.2) is 71.7 Å². The highest BCUT2D eigenvalue weighted by Gasteiger charge is 2.10. The van der Waals surface area contributed by atoms with Gasteiger partial charge in [-0.05, 0) is 42.3 Å². The highest BCUT2D eigenvalue weighted by molar-refractivity contribution is 6.04. The zero-order valence-corrected chi connectivity index (χ0v) is 13.7. The van der Waals surface area contributed by atoms with Crippen molar-refractivity contribution in [1.82, 2.24) is 4.57 Å². The number of rotatable bonds is 4. The van der Waals surface area contributed by atoms with Crippen LogP contribution < -0.4 is 10.9 Å². The summed E-state index contributed by atoms with van der Waals surface area (Å²) in [6.45, 7) is 2.10. The van der Waals surface area contributed by atoms with Crippen molar-refractivity contribution in [1.29, 1.82) is 0 Å². The van der Waals surface area contributed by atoms with Crippen molar-refractivity contribution in [2.45, 2.75) is 13.5 Å². The van der Waals surface area contributed by atoms with Crippen molar-refractivity contribution in [2.75, 3.05) is 5.32 Å². The number of amides is 1. The van der Waals surface area contributed by atoms with Crippen molar-refractivity contribution in [2.24, 2.45) is 0 Å². The number of carbonyl (C=O) groups excluding carboxylic acids is 1. The van der Waals surface area contributed by atoms with Crippen molar-refractivity contribution in [3.8, 4) is 0 Å². The van der Waals surface area contributed by atoms with Crippen LogP contribution in [0.5, 0.6) is 0 Å². The van der Waals surface area contributed by atoms with Gasteiger partial charge in [-0.3, -0.25) is 9.59 Å². The summed E-state index contributed by atoms with van der Waals surface area (Å²) in [6.07, 6.45) is 1.49. The second kappa shape index (κ2) is 7.13. The topological polar surface area (TPSA) is 51.1 Å². The normalized spacial score (nSPS) is 10.5. The monoisotopic (exact) mass is 336 g/mol. The van der Waals surface area contributed by atoms with Gasteiger partial charge in [-0.15, -0.1) is 0 Å². The van der Waals surface area contributed by atoms with E-state index in [9.17, 15) is 14.0 Å². The van der Waals surface area contributed by atoms with Gasteiger partial charge in [0, 0.05) is 18.0 Å². The highest BCUT2D eigenvalue weighted by Crippen LogP contribution is 2.14. The van der Waals surface area contributed by atoms with Gasteiger partial charge in [-0.25, -0.2) is 4.39 Å². The third-order valence-electron chi connectivity index (χ3n) is 3.88. The van der Waals surface area contributed by atoms with E-state index in [1.807, 2.05) is 31.2 Å². The number of para-hydroxylation sites is 1. The molecule has 0 radical (unpaired) electrons. The number of aromatic nitrogens is 1. The summed E-state index contributed by atoms with van der Waals surface area (Å²) in [5.74, 6) is -0.665. The van der Waals surface area contributed by atoms with E-state index in [4.69, 9.17) is 0 Å². The van der Waals surface area contributed by atoms with Gasteiger partial charge in [0.2, 0.25) is 0 Å². The molecule has 4 nitrogen and oxygen atoms in total. The number of benzene rings is 2. The van der Waals surface area contributed by atoms with Crippen LogP contribution in [-0.4, -0.2) is 10.5 Å². The Morgan fingerprint density at radius 3 is 2.64 bits per heavy atom. The van der Waals surface area contributed by atoms with Gasteiger partial charge >= 0.3 is 0 Å². The third kappa shape index (κ3) is 4.01. The van der Waals surface area contributed by atoms with Crippen LogP contribution in [0.25, 0.3) is 0 Å². The quantitative estimate of drug-likeness (QED) is 0.791. The molecule has 2 aromatic carbocycles. The molecule has 0 unspecified atom stereocenters. The Kier molecular flexibility index (Phi) is 4.75. The zero-order valence-electron chi connectivity index (χ0n) is 13.7. The molecule has 0 aliphatic rings. The Hall–Kier alpha value is -3.21. The summed E-state index contributed by atoms with van der Waals surface area (Å²) in [7, 11) is 0. The van der Waals surface area contributed by atoms with Gasteiger partial charge in [0.15, 0.2) is 0 Å². The number of carbonyl (C=O) groups is 1. The first-order valence-corrected chi connectivity index (χ1v) is 7.85. The number of pyridine rings is 1. The maximum Gasteiger partial charge on any atom is 0.257 e. The van der Waals surface area contributed by atoms with E-state index >= 15 is 0 Å². The van der Waals surface area contributed by atoms with Crippen molar-refractivity contribution in [3.63, 3.8) is 0 Å². The first-order valence-electron chi connectivity index (χ1n) is 7.85. The zero-order chi connectivity index (χ0) is 17.8. The molecule has 1 aromatic heterocycles. The van der Waals surface area contributed by atoms with E-state index in [2.05, 4.69) is 5.32 Å². The van der Waals surface area contributed by atoms with Gasteiger partial charge in [0.05, 0.1) is 12.1 Å². The van der Waals surface area contributed by atoms with Crippen molar-refractivity contribution >= 4 is 11.6 Å². The van der Waals surface area contributed by atoms with Crippen LogP contribution in [0.1, 0.15) is 21.5 Å². The molecule has 126 valence electrons. The molecule has 25 heavy (non-hydrogen) atoms. The second-order valence-electron chi connectivity index (χ2n) is 5.78. The molecular formula is C20H17FN2O2. The smallest absolute Gasteiger partial charge is 0.257 e. The Morgan fingerprint density at radius 1 is 1.08 bits per heavy atom. The minimum atomic E-state index is -0.362. The Balaban J connectivity index is 1.85. The first kappa shape index (κ1) is 16.6. The molecule has 0 saturated heterocycles. The van der Waals surface area contributed by atoms with E-state index in [1.165, 1.54) is 35.0 Å².